The molecular weight excluding hydrogens is 382 g/mol. The van der Waals surface area contributed by atoms with Gasteiger partial charge in [-0.15, -0.1) is 0 Å². The van der Waals surface area contributed by atoms with Crippen LogP contribution in [0.2, 0.25) is 5.02 Å². The number of nitrogens with two attached hydrogens (primary N) is 1. The molecule has 0 aromatic heterocycles. The van der Waals surface area contributed by atoms with Gasteiger partial charge in [0.15, 0.2) is 11.2 Å². The van der Waals surface area contributed by atoms with Crippen molar-refractivity contribution in [3.63, 3.8) is 0 Å². The Bertz CT molecular complexity index is 947. The monoisotopic (exact) mass is 399 g/mol. The molecule has 4 atom stereocenters. The minimum Gasteiger partial charge on any atom is -0.468 e. The fourth-order valence-corrected chi connectivity index (χ4v) is 4.18. The molecule has 2 aliphatic heterocycles. The molecule has 144 valence electrons. The smallest absolute Gasteiger partial charge is 0.329 e. The van der Waals surface area contributed by atoms with Crippen molar-refractivity contribution in [2.75, 3.05) is 7.11 Å². The van der Waals surface area contributed by atoms with E-state index in [-0.39, 0.29) is 5.78 Å². The molecule has 0 bridgehead atoms. The van der Waals surface area contributed by atoms with Crippen LogP contribution in [0.1, 0.15) is 18.4 Å². The van der Waals surface area contributed by atoms with E-state index in [2.05, 4.69) is 6.07 Å². The van der Waals surface area contributed by atoms with Crippen molar-refractivity contribution >= 4 is 29.3 Å². The highest BCUT2D eigenvalue weighted by molar-refractivity contribution is 6.30. The lowest BCUT2D eigenvalue weighted by molar-refractivity contribution is -0.150. The Morgan fingerprint density at radius 3 is 2.43 bits per heavy atom. The summed E-state index contributed by atoms with van der Waals surface area (Å²) < 4.78 is 4.97. The van der Waals surface area contributed by atoms with Gasteiger partial charge in [0.1, 0.15) is 6.04 Å². The first kappa shape index (κ1) is 19.6. The molecule has 0 spiro atoms. The van der Waals surface area contributed by atoms with Crippen LogP contribution in [0.3, 0.4) is 0 Å². The van der Waals surface area contributed by atoms with Crippen LogP contribution in [0.4, 0.5) is 0 Å². The number of amides is 1. The van der Waals surface area contributed by atoms with Crippen LogP contribution in [-0.4, -0.2) is 41.8 Å². The Kier molecular flexibility index (Phi) is 5.01. The Hall–Kier alpha value is -3.11. The number of rotatable bonds is 4. The minimum absolute atomic E-state index is 0.214. The molecule has 2 heterocycles. The summed E-state index contributed by atoms with van der Waals surface area (Å²) >= 11 is 5.97. The maximum absolute atomic E-state index is 12.9. The molecule has 1 aromatic carbocycles. The van der Waals surface area contributed by atoms with E-state index in [1.807, 2.05) is 0 Å². The lowest BCUT2D eigenvalue weighted by Crippen LogP contribution is -2.45. The molecule has 2 N–H and O–H groups in total. The molecule has 7 nitrogen and oxygen atoms in total. The van der Waals surface area contributed by atoms with Gasteiger partial charge in [0.05, 0.1) is 19.2 Å². The largest absolute Gasteiger partial charge is 0.468 e. The number of benzene rings is 1. The number of Topliss-reactive ketones (excluding diaryl/α,β-unsaturated/α-hetero) is 1. The molecule has 1 saturated heterocycles. The van der Waals surface area contributed by atoms with Crippen molar-refractivity contribution in [3.8, 4) is 6.07 Å². The second kappa shape index (κ2) is 7.13. The highest BCUT2D eigenvalue weighted by atomic mass is 35.5. The first-order chi connectivity index (χ1) is 13.3. The van der Waals surface area contributed by atoms with Crippen LogP contribution in [-0.2, 0) is 19.1 Å². The van der Waals surface area contributed by atoms with E-state index in [4.69, 9.17) is 22.1 Å². The van der Waals surface area contributed by atoms with Crippen molar-refractivity contribution in [3.05, 3.63) is 58.8 Å². The van der Waals surface area contributed by atoms with Crippen LogP contribution in [0.25, 0.3) is 0 Å². The fourth-order valence-electron chi connectivity index (χ4n) is 4.06. The molecule has 0 aliphatic carbocycles. The zero-order valence-electron chi connectivity index (χ0n) is 15.3. The number of hydrogen-bond donors (Lipinski definition) is 1. The molecule has 28 heavy (non-hydrogen) atoms. The van der Waals surface area contributed by atoms with Crippen LogP contribution in [0.5, 0.6) is 0 Å². The normalized spacial score (nSPS) is 28.1. The molecule has 1 amide bonds. The van der Waals surface area contributed by atoms with Gasteiger partial charge in [-0.05, 0) is 24.6 Å². The molecule has 0 radical (unpaired) electrons. The number of esters is 1. The van der Waals surface area contributed by atoms with Crippen molar-refractivity contribution in [1.29, 1.82) is 5.26 Å². The Balaban J connectivity index is 2.29. The number of ether oxygens (including phenoxy) is 1. The van der Waals surface area contributed by atoms with E-state index in [0.29, 0.717) is 16.2 Å². The third kappa shape index (κ3) is 2.77. The van der Waals surface area contributed by atoms with Crippen LogP contribution in [0.15, 0.2) is 48.2 Å². The number of carbonyl (C=O) groups excluding carboxylic acids is 3. The minimum atomic E-state index is -1.74. The lowest BCUT2D eigenvalue weighted by atomic mass is 9.68. The second-order valence-electron chi connectivity index (χ2n) is 6.74. The zero-order valence-corrected chi connectivity index (χ0v) is 16.0. The topological polar surface area (TPSA) is 113 Å². The Morgan fingerprint density at radius 2 is 1.93 bits per heavy atom. The molecule has 0 unspecified atom stereocenters. The van der Waals surface area contributed by atoms with Crippen molar-refractivity contribution in [2.45, 2.75) is 24.9 Å². The molecule has 1 fully saturated rings. The van der Waals surface area contributed by atoms with Crippen LogP contribution >= 0.6 is 11.6 Å². The summed E-state index contributed by atoms with van der Waals surface area (Å²) in [6.07, 6.45) is 4.59. The van der Waals surface area contributed by atoms with Crippen molar-refractivity contribution in [2.24, 2.45) is 11.1 Å². The number of carbonyl (C=O) groups is 3. The third-order valence-electron chi connectivity index (χ3n) is 5.30. The van der Waals surface area contributed by atoms with Gasteiger partial charge < -0.3 is 15.4 Å². The average Bonchev–Trinajstić information content (AvgIpc) is 2.98. The number of methoxy groups -OCH3 is 1. The average molecular weight is 400 g/mol. The van der Waals surface area contributed by atoms with E-state index in [1.54, 1.807) is 36.4 Å². The van der Waals surface area contributed by atoms with Crippen molar-refractivity contribution < 1.29 is 19.1 Å². The summed E-state index contributed by atoms with van der Waals surface area (Å²) in [5.41, 5.74) is 4.84. The summed E-state index contributed by atoms with van der Waals surface area (Å²) in [6, 6.07) is 6.75. The molecule has 8 heteroatoms. The summed E-state index contributed by atoms with van der Waals surface area (Å²) in [5.74, 6) is -2.64. The Morgan fingerprint density at radius 1 is 1.29 bits per heavy atom. The molecular formula is C20H18ClN3O4. The first-order valence-electron chi connectivity index (χ1n) is 8.50. The van der Waals surface area contributed by atoms with Gasteiger partial charge in [-0.3, -0.25) is 14.4 Å². The quantitative estimate of drug-likeness (QED) is 0.770. The van der Waals surface area contributed by atoms with Gasteiger partial charge in [0.2, 0.25) is 5.91 Å². The van der Waals surface area contributed by atoms with Gasteiger partial charge >= 0.3 is 5.97 Å². The van der Waals surface area contributed by atoms with E-state index in [1.165, 1.54) is 25.1 Å². The summed E-state index contributed by atoms with van der Waals surface area (Å²) in [7, 11) is 1.19. The highest BCUT2D eigenvalue weighted by Crippen LogP contribution is 2.53. The maximum Gasteiger partial charge on any atom is 0.329 e. The number of ketones is 1. The van der Waals surface area contributed by atoms with E-state index < -0.39 is 35.3 Å². The van der Waals surface area contributed by atoms with Crippen LogP contribution in [0, 0.1) is 16.7 Å². The number of halogens is 1. The van der Waals surface area contributed by atoms with E-state index in [0.717, 1.165) is 0 Å². The number of allylic oxidation sites excluding steroid dienone is 2. The van der Waals surface area contributed by atoms with Gasteiger partial charge in [-0.1, -0.05) is 35.9 Å². The molecule has 3 rings (SSSR count). The number of primary amides is 1. The highest BCUT2D eigenvalue weighted by Gasteiger charge is 2.66. The number of nitriles is 1. The third-order valence-corrected chi connectivity index (χ3v) is 5.55. The second-order valence-corrected chi connectivity index (χ2v) is 7.18. The predicted octanol–water partition coefficient (Wildman–Crippen LogP) is 1.69. The lowest BCUT2D eigenvalue weighted by Gasteiger charge is -2.32. The maximum atomic E-state index is 12.9. The van der Waals surface area contributed by atoms with Crippen LogP contribution < -0.4 is 5.73 Å². The Labute approximate surface area is 167 Å². The zero-order chi connectivity index (χ0) is 20.6. The van der Waals surface area contributed by atoms with E-state index in [9.17, 15) is 19.6 Å². The summed E-state index contributed by atoms with van der Waals surface area (Å²) in [5, 5.41) is 10.6. The van der Waals surface area contributed by atoms with Gasteiger partial charge in [0, 0.05) is 22.7 Å². The van der Waals surface area contributed by atoms with E-state index >= 15 is 0 Å². The van der Waals surface area contributed by atoms with Gasteiger partial charge in [-0.25, -0.2) is 0 Å². The van der Waals surface area contributed by atoms with Crippen molar-refractivity contribution in [1.82, 2.24) is 4.90 Å². The summed E-state index contributed by atoms with van der Waals surface area (Å²) in [6.45, 7) is 1.39. The molecule has 0 saturated carbocycles. The molecule has 1 aromatic rings. The SMILES string of the molecule is COC(=O)[C@]1(C#N)[C@H](c2ccc(Cl)cc2)[C@@H](C(N)=O)N2C=C(C(C)=O)C=C[C@H]21. The number of hydrogen-bond acceptors (Lipinski definition) is 6. The summed E-state index contributed by atoms with van der Waals surface area (Å²) in [4.78, 5) is 38.7. The van der Waals surface area contributed by atoms with Gasteiger partial charge in [0.25, 0.3) is 0 Å². The molecule has 2 aliphatic rings. The fraction of sp³-hybridized carbons (Fsp3) is 0.300. The standard InChI is InChI=1S/C20H18ClN3O4/c1-11(25)13-5-8-15-20(10-22,19(27)28-2)16(12-3-6-14(21)7-4-12)17(18(23)26)24(15)9-13/h3-9,15-17H,1-2H3,(H2,23,26)/t15-,16+,17-,20-/m0/s1. The first-order valence-corrected chi connectivity index (χ1v) is 8.88. The van der Waals surface area contributed by atoms with Gasteiger partial charge in [-0.2, -0.15) is 5.26 Å². The predicted molar refractivity (Wildman–Crippen MR) is 101 cm³/mol. The number of nitrogens with zero attached hydrogens (tertiary/aromatic N) is 2. The number of fused-ring (bicyclic) bond motifs is 1.